The second-order valence-corrected chi connectivity index (χ2v) is 6.10. The molecule has 2 aliphatic heterocycles. The molecular weight excluding hydrogens is 226 g/mol. The lowest BCUT2D eigenvalue weighted by Crippen LogP contribution is -2.42. The predicted octanol–water partition coefficient (Wildman–Crippen LogP) is 2.60. The Morgan fingerprint density at radius 2 is 2.22 bits per heavy atom. The van der Waals surface area contributed by atoms with Crippen LogP contribution in [0.4, 0.5) is 0 Å². The van der Waals surface area contributed by atoms with E-state index >= 15 is 0 Å². The predicted molar refractivity (Wildman–Crippen MR) is 73.8 cm³/mol. The summed E-state index contributed by atoms with van der Waals surface area (Å²) in [5, 5.41) is 3.51. The van der Waals surface area contributed by atoms with Gasteiger partial charge < -0.3 is 14.8 Å². The molecule has 3 heteroatoms. The zero-order valence-corrected chi connectivity index (χ0v) is 12.0. The number of ether oxygens (including phenoxy) is 2. The molecule has 2 heterocycles. The first-order valence-corrected chi connectivity index (χ1v) is 7.68. The van der Waals surface area contributed by atoms with Crippen LogP contribution < -0.4 is 5.32 Å². The minimum Gasteiger partial charge on any atom is -0.378 e. The van der Waals surface area contributed by atoms with Crippen molar-refractivity contribution in [3.8, 4) is 0 Å². The van der Waals surface area contributed by atoms with E-state index in [4.69, 9.17) is 9.47 Å². The van der Waals surface area contributed by atoms with Crippen LogP contribution in [0.2, 0.25) is 0 Å². The van der Waals surface area contributed by atoms with Gasteiger partial charge in [-0.2, -0.15) is 0 Å². The normalized spacial score (nSPS) is 34.0. The van der Waals surface area contributed by atoms with Crippen LogP contribution in [-0.2, 0) is 9.47 Å². The number of hydrogen-bond donors (Lipinski definition) is 1. The van der Waals surface area contributed by atoms with E-state index < -0.39 is 0 Å². The Kier molecular flexibility index (Phi) is 5.46. The molecule has 3 nitrogen and oxygen atoms in total. The maximum absolute atomic E-state index is 6.01. The van der Waals surface area contributed by atoms with E-state index in [1.165, 1.54) is 25.7 Å². The fourth-order valence-electron chi connectivity index (χ4n) is 3.28. The molecule has 0 aromatic rings. The lowest BCUT2D eigenvalue weighted by atomic mass is 9.77. The summed E-state index contributed by atoms with van der Waals surface area (Å²) >= 11 is 0. The van der Waals surface area contributed by atoms with Gasteiger partial charge in [-0.25, -0.2) is 0 Å². The minimum absolute atomic E-state index is 0.0774. The van der Waals surface area contributed by atoms with Gasteiger partial charge in [0.1, 0.15) is 0 Å². The Hall–Kier alpha value is -0.120. The molecule has 0 saturated carbocycles. The van der Waals surface area contributed by atoms with E-state index in [1.807, 2.05) is 0 Å². The van der Waals surface area contributed by atoms with Crippen molar-refractivity contribution in [1.29, 1.82) is 0 Å². The average molecular weight is 255 g/mol. The zero-order valence-electron chi connectivity index (χ0n) is 12.0. The van der Waals surface area contributed by atoms with E-state index in [2.05, 4.69) is 19.2 Å². The molecule has 106 valence electrons. The molecule has 0 radical (unpaired) electrons. The van der Waals surface area contributed by atoms with Crippen LogP contribution >= 0.6 is 0 Å². The van der Waals surface area contributed by atoms with Crippen molar-refractivity contribution in [2.75, 3.05) is 32.9 Å². The summed E-state index contributed by atoms with van der Waals surface area (Å²) in [6.07, 6.45) is 6.07. The van der Waals surface area contributed by atoms with Gasteiger partial charge in [-0.3, -0.25) is 0 Å². The number of rotatable bonds is 6. The summed E-state index contributed by atoms with van der Waals surface area (Å²) in [4.78, 5) is 0. The van der Waals surface area contributed by atoms with E-state index in [0.717, 1.165) is 51.2 Å². The molecular formula is C15H29NO2. The second-order valence-electron chi connectivity index (χ2n) is 6.10. The Balaban J connectivity index is 1.74. The smallest absolute Gasteiger partial charge is 0.0939 e. The Labute approximate surface area is 112 Å². The van der Waals surface area contributed by atoms with Crippen LogP contribution in [0, 0.1) is 11.8 Å². The molecule has 0 aromatic carbocycles. The van der Waals surface area contributed by atoms with Crippen molar-refractivity contribution >= 4 is 0 Å². The highest BCUT2D eigenvalue weighted by Gasteiger charge is 2.41. The summed E-state index contributed by atoms with van der Waals surface area (Å²) in [6, 6.07) is 0. The lowest BCUT2D eigenvalue weighted by molar-refractivity contribution is -0.106. The van der Waals surface area contributed by atoms with Crippen molar-refractivity contribution in [3.05, 3.63) is 0 Å². The highest BCUT2D eigenvalue weighted by Crippen LogP contribution is 2.39. The molecule has 18 heavy (non-hydrogen) atoms. The second kappa shape index (κ2) is 6.88. The quantitative estimate of drug-likeness (QED) is 0.740. The Morgan fingerprint density at radius 1 is 1.33 bits per heavy atom. The summed E-state index contributed by atoms with van der Waals surface area (Å²) < 4.78 is 11.6. The molecule has 1 spiro atoms. The third kappa shape index (κ3) is 3.69. The van der Waals surface area contributed by atoms with E-state index in [9.17, 15) is 0 Å². The SMILES string of the molecule is CCCNCCC(C)C1CCOC2(CCOC2)C1. The first-order chi connectivity index (χ1) is 8.76. The first kappa shape index (κ1) is 14.3. The molecule has 0 aliphatic carbocycles. The fraction of sp³-hybridized carbons (Fsp3) is 1.00. The Bertz CT molecular complexity index is 239. The first-order valence-electron chi connectivity index (χ1n) is 7.68. The number of hydrogen-bond acceptors (Lipinski definition) is 3. The van der Waals surface area contributed by atoms with Crippen LogP contribution in [-0.4, -0.2) is 38.5 Å². The third-order valence-corrected chi connectivity index (χ3v) is 4.61. The number of nitrogens with one attached hydrogen (secondary N) is 1. The van der Waals surface area contributed by atoms with Crippen molar-refractivity contribution < 1.29 is 9.47 Å². The maximum atomic E-state index is 6.01. The summed E-state index contributed by atoms with van der Waals surface area (Å²) in [5.74, 6) is 1.62. The van der Waals surface area contributed by atoms with Gasteiger partial charge >= 0.3 is 0 Å². The van der Waals surface area contributed by atoms with Gasteiger partial charge in [-0.05, 0) is 50.6 Å². The standard InChI is InChI=1S/C15H29NO2/c1-3-7-16-8-4-13(2)14-5-9-18-15(11-14)6-10-17-12-15/h13-14,16H,3-12H2,1-2H3. The lowest BCUT2D eigenvalue weighted by Gasteiger charge is -2.39. The molecule has 0 amide bonds. The fourth-order valence-corrected chi connectivity index (χ4v) is 3.28. The van der Waals surface area contributed by atoms with Crippen molar-refractivity contribution in [1.82, 2.24) is 5.32 Å². The van der Waals surface area contributed by atoms with Gasteiger partial charge in [0.2, 0.25) is 0 Å². The highest BCUT2D eigenvalue weighted by atomic mass is 16.6. The maximum Gasteiger partial charge on any atom is 0.0939 e. The minimum atomic E-state index is 0.0774. The molecule has 1 N–H and O–H groups in total. The largest absolute Gasteiger partial charge is 0.378 e. The topological polar surface area (TPSA) is 30.5 Å². The molecule has 2 saturated heterocycles. The van der Waals surface area contributed by atoms with Gasteiger partial charge in [-0.1, -0.05) is 13.8 Å². The van der Waals surface area contributed by atoms with Crippen LogP contribution in [0.1, 0.15) is 46.0 Å². The molecule has 2 fully saturated rings. The monoisotopic (exact) mass is 255 g/mol. The summed E-state index contributed by atoms with van der Waals surface area (Å²) in [7, 11) is 0. The summed E-state index contributed by atoms with van der Waals surface area (Å²) in [6.45, 7) is 9.59. The highest BCUT2D eigenvalue weighted by molar-refractivity contribution is 4.91. The molecule has 3 unspecified atom stereocenters. The van der Waals surface area contributed by atoms with E-state index in [-0.39, 0.29) is 5.60 Å². The molecule has 0 bridgehead atoms. The zero-order chi connectivity index (χ0) is 12.8. The van der Waals surface area contributed by atoms with Crippen LogP contribution in [0.3, 0.4) is 0 Å². The van der Waals surface area contributed by atoms with Crippen LogP contribution in [0.25, 0.3) is 0 Å². The third-order valence-electron chi connectivity index (χ3n) is 4.61. The van der Waals surface area contributed by atoms with Crippen molar-refractivity contribution in [3.63, 3.8) is 0 Å². The molecule has 2 aliphatic rings. The molecule has 0 aromatic heterocycles. The average Bonchev–Trinajstić information content (AvgIpc) is 2.82. The van der Waals surface area contributed by atoms with Crippen molar-refractivity contribution in [2.45, 2.75) is 51.6 Å². The molecule has 3 atom stereocenters. The van der Waals surface area contributed by atoms with Crippen molar-refractivity contribution in [2.24, 2.45) is 11.8 Å². The van der Waals surface area contributed by atoms with Gasteiger partial charge in [-0.15, -0.1) is 0 Å². The van der Waals surface area contributed by atoms with Crippen LogP contribution in [0.5, 0.6) is 0 Å². The molecule has 2 rings (SSSR count). The van der Waals surface area contributed by atoms with Gasteiger partial charge in [0, 0.05) is 19.6 Å². The van der Waals surface area contributed by atoms with Gasteiger partial charge in [0.05, 0.1) is 12.2 Å². The van der Waals surface area contributed by atoms with Gasteiger partial charge in [0.15, 0.2) is 0 Å². The van der Waals surface area contributed by atoms with E-state index in [0.29, 0.717) is 0 Å². The summed E-state index contributed by atoms with van der Waals surface area (Å²) in [5.41, 5.74) is 0.0774. The Morgan fingerprint density at radius 3 is 2.94 bits per heavy atom. The van der Waals surface area contributed by atoms with Crippen LogP contribution in [0.15, 0.2) is 0 Å². The van der Waals surface area contributed by atoms with E-state index in [1.54, 1.807) is 0 Å². The van der Waals surface area contributed by atoms with Gasteiger partial charge in [0.25, 0.3) is 0 Å².